The maximum Gasteiger partial charge on any atom is 0.117 e. The maximum absolute atomic E-state index is 5.65. The zero-order valence-electron chi connectivity index (χ0n) is 15.4. The van der Waals surface area contributed by atoms with Crippen LogP contribution >= 0.6 is 11.8 Å². The highest BCUT2D eigenvalue weighted by molar-refractivity contribution is 7.98. The SMILES string of the molecule is CCCCO/N=C(/c1ccc(SC)cc1)C(C)(C)N1CCOCC1. The Labute approximate surface area is 150 Å². The average molecular weight is 351 g/mol. The minimum absolute atomic E-state index is 0.198. The molecule has 1 heterocycles. The summed E-state index contributed by atoms with van der Waals surface area (Å²) in [5.74, 6) is 0. The molecule has 1 saturated heterocycles. The van der Waals surface area contributed by atoms with Gasteiger partial charge in [-0.3, -0.25) is 4.90 Å². The van der Waals surface area contributed by atoms with E-state index < -0.39 is 0 Å². The van der Waals surface area contributed by atoms with Crippen molar-refractivity contribution in [1.82, 2.24) is 4.90 Å². The number of thioether (sulfide) groups is 1. The maximum atomic E-state index is 5.65. The van der Waals surface area contributed by atoms with Gasteiger partial charge in [0.25, 0.3) is 0 Å². The fourth-order valence-corrected chi connectivity index (χ4v) is 3.27. The molecule has 0 aliphatic carbocycles. The lowest BCUT2D eigenvalue weighted by Crippen LogP contribution is -2.54. The van der Waals surface area contributed by atoms with Gasteiger partial charge in [-0.05, 0) is 38.7 Å². The first-order valence-corrected chi connectivity index (χ1v) is 9.99. The molecular formula is C19H30N2O2S. The second-order valence-corrected chi connectivity index (χ2v) is 7.39. The molecule has 0 atom stereocenters. The van der Waals surface area contributed by atoms with Crippen LogP contribution < -0.4 is 0 Å². The summed E-state index contributed by atoms with van der Waals surface area (Å²) in [6, 6.07) is 8.60. The quantitative estimate of drug-likeness (QED) is 0.307. The van der Waals surface area contributed by atoms with E-state index in [0.29, 0.717) is 6.61 Å². The van der Waals surface area contributed by atoms with Crippen molar-refractivity contribution in [2.24, 2.45) is 5.16 Å². The molecule has 0 amide bonds. The van der Waals surface area contributed by atoms with Crippen LogP contribution in [0, 0.1) is 0 Å². The van der Waals surface area contributed by atoms with Crippen LogP contribution in [-0.4, -0.2) is 55.3 Å². The lowest BCUT2D eigenvalue weighted by molar-refractivity contribution is 0.00878. The molecule has 2 rings (SSSR count). The van der Waals surface area contributed by atoms with E-state index in [9.17, 15) is 0 Å². The Morgan fingerprint density at radius 1 is 1.25 bits per heavy atom. The number of oxime groups is 1. The number of hydrogen-bond donors (Lipinski definition) is 0. The van der Waals surface area contributed by atoms with Crippen molar-refractivity contribution in [3.8, 4) is 0 Å². The lowest BCUT2D eigenvalue weighted by atomic mass is 9.90. The number of morpholine rings is 1. The molecule has 1 aromatic carbocycles. The van der Waals surface area contributed by atoms with Gasteiger partial charge in [-0.1, -0.05) is 30.6 Å². The highest BCUT2D eigenvalue weighted by Crippen LogP contribution is 2.25. The Morgan fingerprint density at radius 2 is 1.92 bits per heavy atom. The number of benzene rings is 1. The summed E-state index contributed by atoms with van der Waals surface area (Å²) in [7, 11) is 0. The number of rotatable bonds is 8. The minimum Gasteiger partial charge on any atom is -0.396 e. The van der Waals surface area contributed by atoms with Crippen LogP contribution in [0.1, 0.15) is 39.2 Å². The van der Waals surface area contributed by atoms with E-state index in [1.807, 2.05) is 0 Å². The molecule has 1 fully saturated rings. The van der Waals surface area contributed by atoms with Gasteiger partial charge in [0.2, 0.25) is 0 Å². The van der Waals surface area contributed by atoms with E-state index in [1.54, 1.807) is 11.8 Å². The summed E-state index contributed by atoms with van der Waals surface area (Å²) in [4.78, 5) is 9.34. The summed E-state index contributed by atoms with van der Waals surface area (Å²) in [5.41, 5.74) is 1.92. The predicted octanol–water partition coefficient (Wildman–Crippen LogP) is 4.04. The Kier molecular flexibility index (Phi) is 7.59. The summed E-state index contributed by atoms with van der Waals surface area (Å²) in [6.07, 6.45) is 4.23. The Morgan fingerprint density at radius 3 is 2.50 bits per heavy atom. The van der Waals surface area contributed by atoms with Gasteiger partial charge in [0.05, 0.1) is 18.8 Å². The molecule has 0 spiro atoms. The molecule has 134 valence electrons. The molecule has 1 aromatic rings. The first-order chi connectivity index (χ1) is 11.6. The van der Waals surface area contributed by atoms with Crippen LogP contribution in [0.4, 0.5) is 0 Å². The number of unbranched alkanes of at least 4 members (excludes halogenated alkanes) is 1. The van der Waals surface area contributed by atoms with Crippen LogP contribution in [0.2, 0.25) is 0 Å². The van der Waals surface area contributed by atoms with E-state index in [0.717, 1.165) is 50.4 Å². The van der Waals surface area contributed by atoms with Gasteiger partial charge in [-0.2, -0.15) is 0 Å². The first kappa shape index (κ1) is 19.3. The Hall–Kier alpha value is -1.04. The van der Waals surface area contributed by atoms with Crippen molar-refractivity contribution in [3.05, 3.63) is 29.8 Å². The summed E-state index contributed by atoms with van der Waals surface area (Å²) < 4.78 is 5.51. The zero-order chi connectivity index (χ0) is 17.4. The molecule has 0 N–H and O–H groups in total. The fraction of sp³-hybridized carbons (Fsp3) is 0.632. The predicted molar refractivity (Wildman–Crippen MR) is 102 cm³/mol. The van der Waals surface area contributed by atoms with Crippen LogP contribution in [0.3, 0.4) is 0 Å². The van der Waals surface area contributed by atoms with Crippen molar-refractivity contribution in [1.29, 1.82) is 0 Å². The van der Waals surface area contributed by atoms with Gasteiger partial charge < -0.3 is 9.57 Å². The fourth-order valence-electron chi connectivity index (χ4n) is 2.86. The molecule has 0 unspecified atom stereocenters. The standard InChI is InChI=1S/C19H30N2O2S/c1-5-6-13-23-20-18(16-7-9-17(24-4)10-8-16)19(2,3)21-11-14-22-15-12-21/h7-10H,5-6,11-15H2,1-4H3/b20-18-. The number of nitrogens with zero attached hydrogens (tertiary/aromatic N) is 2. The second kappa shape index (κ2) is 9.44. The second-order valence-electron chi connectivity index (χ2n) is 6.51. The number of hydrogen-bond acceptors (Lipinski definition) is 5. The van der Waals surface area contributed by atoms with Gasteiger partial charge in [-0.25, -0.2) is 0 Å². The lowest BCUT2D eigenvalue weighted by Gasteiger charge is -2.41. The van der Waals surface area contributed by atoms with E-state index in [4.69, 9.17) is 9.57 Å². The summed E-state index contributed by atoms with van der Waals surface area (Å²) >= 11 is 1.75. The minimum atomic E-state index is -0.198. The molecule has 4 nitrogen and oxygen atoms in total. The largest absolute Gasteiger partial charge is 0.396 e. The van der Waals surface area contributed by atoms with Crippen LogP contribution in [0.5, 0.6) is 0 Å². The normalized spacial score (nSPS) is 17.1. The van der Waals surface area contributed by atoms with Crippen LogP contribution in [-0.2, 0) is 9.57 Å². The molecule has 1 aliphatic heterocycles. The van der Waals surface area contributed by atoms with Crippen molar-refractivity contribution in [2.45, 2.75) is 44.0 Å². The molecule has 0 aromatic heterocycles. The topological polar surface area (TPSA) is 34.1 Å². The van der Waals surface area contributed by atoms with E-state index in [1.165, 1.54) is 4.90 Å². The van der Waals surface area contributed by atoms with E-state index in [2.05, 4.69) is 61.3 Å². The Bertz CT molecular complexity index is 523. The van der Waals surface area contributed by atoms with Crippen molar-refractivity contribution in [3.63, 3.8) is 0 Å². The summed E-state index contributed by atoms with van der Waals surface area (Å²) in [5, 5.41) is 4.56. The first-order valence-electron chi connectivity index (χ1n) is 8.77. The summed E-state index contributed by atoms with van der Waals surface area (Å²) in [6.45, 7) is 10.7. The number of ether oxygens (including phenoxy) is 1. The van der Waals surface area contributed by atoms with Gasteiger partial charge in [-0.15, -0.1) is 11.8 Å². The molecule has 0 saturated carbocycles. The van der Waals surface area contributed by atoms with Gasteiger partial charge in [0, 0.05) is 23.5 Å². The molecule has 0 bridgehead atoms. The van der Waals surface area contributed by atoms with E-state index >= 15 is 0 Å². The van der Waals surface area contributed by atoms with Gasteiger partial charge >= 0.3 is 0 Å². The smallest absolute Gasteiger partial charge is 0.117 e. The van der Waals surface area contributed by atoms with Crippen LogP contribution in [0.15, 0.2) is 34.3 Å². The van der Waals surface area contributed by atoms with Crippen molar-refractivity contribution in [2.75, 3.05) is 39.2 Å². The van der Waals surface area contributed by atoms with E-state index in [-0.39, 0.29) is 5.54 Å². The van der Waals surface area contributed by atoms with Gasteiger partial charge in [0.15, 0.2) is 0 Å². The molecular weight excluding hydrogens is 320 g/mol. The molecule has 24 heavy (non-hydrogen) atoms. The molecule has 1 aliphatic rings. The monoisotopic (exact) mass is 350 g/mol. The molecule has 5 heteroatoms. The van der Waals surface area contributed by atoms with Crippen LogP contribution in [0.25, 0.3) is 0 Å². The third-order valence-electron chi connectivity index (χ3n) is 4.49. The highest BCUT2D eigenvalue weighted by atomic mass is 32.2. The van der Waals surface area contributed by atoms with Crippen molar-refractivity contribution >= 4 is 17.5 Å². The van der Waals surface area contributed by atoms with Crippen molar-refractivity contribution < 1.29 is 9.57 Å². The third-order valence-corrected chi connectivity index (χ3v) is 5.23. The average Bonchev–Trinajstić information content (AvgIpc) is 2.62. The Balaban J connectivity index is 2.26. The third kappa shape index (κ3) is 4.98. The zero-order valence-corrected chi connectivity index (χ0v) is 16.2. The van der Waals surface area contributed by atoms with Gasteiger partial charge in [0.1, 0.15) is 12.3 Å². The molecule has 0 radical (unpaired) electrons. The highest BCUT2D eigenvalue weighted by Gasteiger charge is 2.35.